The van der Waals surface area contributed by atoms with Gasteiger partial charge in [-0.25, -0.2) is 4.79 Å². The second-order valence-electron chi connectivity index (χ2n) is 4.70. The van der Waals surface area contributed by atoms with Crippen LogP contribution in [0.3, 0.4) is 0 Å². The van der Waals surface area contributed by atoms with E-state index in [1.807, 2.05) is 0 Å². The number of carbonyl (C=O) groups is 3. The van der Waals surface area contributed by atoms with Crippen LogP contribution in [0.15, 0.2) is 18.2 Å². The van der Waals surface area contributed by atoms with Crippen LogP contribution in [-0.2, 0) is 28.6 Å². The first-order valence-corrected chi connectivity index (χ1v) is 6.98. The topological polar surface area (TPSA) is 97.4 Å². The number of rotatable bonds is 7. The van der Waals surface area contributed by atoms with Crippen LogP contribution in [0.1, 0.15) is 25.5 Å². The summed E-state index contributed by atoms with van der Waals surface area (Å²) < 4.78 is 25.1. The quantitative estimate of drug-likeness (QED) is 0.543. The molecule has 0 fully saturated rings. The molecule has 24 heavy (non-hydrogen) atoms. The molecule has 0 saturated heterocycles. The fourth-order valence-electron chi connectivity index (χ4n) is 2.04. The van der Waals surface area contributed by atoms with E-state index in [0.29, 0.717) is 17.1 Å². The third-order valence-corrected chi connectivity index (χ3v) is 3.03. The summed E-state index contributed by atoms with van der Waals surface area (Å²) in [6, 6.07) is 4.66. The Morgan fingerprint density at radius 2 is 1.46 bits per heavy atom. The van der Waals surface area contributed by atoms with Crippen LogP contribution >= 0.6 is 0 Å². The first kappa shape index (κ1) is 19.3. The molecule has 0 amide bonds. The summed E-state index contributed by atoms with van der Waals surface area (Å²) in [5.41, 5.74) is 0.375. The van der Waals surface area contributed by atoms with Crippen molar-refractivity contribution in [2.45, 2.75) is 26.1 Å². The predicted molar refractivity (Wildman–Crippen MR) is 81.6 cm³/mol. The Bertz CT molecular complexity index is 610. The second-order valence-corrected chi connectivity index (χ2v) is 4.70. The highest BCUT2D eigenvalue weighted by Gasteiger charge is 2.36. The van der Waals surface area contributed by atoms with E-state index in [-0.39, 0.29) is 0 Å². The predicted octanol–water partition coefficient (Wildman–Crippen LogP) is 1.41. The lowest BCUT2D eigenvalue weighted by Gasteiger charge is -2.25. The number of hydrogen-bond acceptors (Lipinski definition) is 8. The van der Waals surface area contributed by atoms with Crippen molar-refractivity contribution < 1.29 is 38.1 Å². The van der Waals surface area contributed by atoms with Crippen LogP contribution in [0.2, 0.25) is 0 Å². The maximum Gasteiger partial charge on any atom is 0.351 e. The molecule has 0 N–H and O–H groups in total. The van der Waals surface area contributed by atoms with Crippen LogP contribution < -0.4 is 9.47 Å². The molecule has 0 aliphatic carbocycles. The van der Waals surface area contributed by atoms with Crippen LogP contribution in [0.4, 0.5) is 0 Å². The van der Waals surface area contributed by atoms with Gasteiger partial charge in [0.2, 0.25) is 6.10 Å². The van der Waals surface area contributed by atoms with Crippen molar-refractivity contribution >= 4 is 17.9 Å². The third kappa shape index (κ3) is 4.87. The standard InChI is InChI=1S/C16H20O8/c1-9(17)23-14(15(16(19)22-5)24-10(2)18)11-6-7-12(20-3)13(8-11)21-4/h6-8,14-15H,1-5H3. The first-order valence-electron chi connectivity index (χ1n) is 6.98. The number of ether oxygens (including phenoxy) is 5. The SMILES string of the molecule is COC(=O)C(OC(C)=O)C(OC(C)=O)c1ccc(OC)c(OC)c1. The van der Waals surface area contributed by atoms with Gasteiger partial charge in [-0.3, -0.25) is 9.59 Å². The number of carbonyl (C=O) groups excluding carboxylic acids is 3. The van der Waals surface area contributed by atoms with Crippen LogP contribution in [-0.4, -0.2) is 45.3 Å². The van der Waals surface area contributed by atoms with Crippen molar-refractivity contribution in [1.29, 1.82) is 0 Å². The Hall–Kier alpha value is -2.77. The molecule has 8 nitrogen and oxygen atoms in total. The molecule has 132 valence electrons. The smallest absolute Gasteiger partial charge is 0.351 e. The van der Waals surface area contributed by atoms with E-state index in [0.717, 1.165) is 14.0 Å². The second kappa shape index (κ2) is 8.76. The summed E-state index contributed by atoms with van der Waals surface area (Å²) in [7, 11) is 4.04. The Kier molecular flexibility index (Phi) is 7.03. The van der Waals surface area contributed by atoms with Gasteiger partial charge in [0.25, 0.3) is 0 Å². The zero-order chi connectivity index (χ0) is 18.3. The van der Waals surface area contributed by atoms with Crippen molar-refractivity contribution in [2.75, 3.05) is 21.3 Å². The number of benzene rings is 1. The van der Waals surface area contributed by atoms with Gasteiger partial charge in [-0.05, 0) is 12.1 Å². The Morgan fingerprint density at radius 1 is 0.875 bits per heavy atom. The normalized spacial score (nSPS) is 12.5. The largest absolute Gasteiger partial charge is 0.493 e. The number of hydrogen-bond donors (Lipinski definition) is 0. The lowest BCUT2D eigenvalue weighted by Crippen LogP contribution is -2.36. The molecule has 0 saturated carbocycles. The number of esters is 3. The van der Waals surface area contributed by atoms with Gasteiger partial charge in [-0.2, -0.15) is 0 Å². The highest BCUT2D eigenvalue weighted by atomic mass is 16.6. The molecule has 0 aromatic heterocycles. The third-order valence-electron chi connectivity index (χ3n) is 3.03. The van der Waals surface area contributed by atoms with Gasteiger partial charge in [0, 0.05) is 19.4 Å². The number of methoxy groups -OCH3 is 3. The molecule has 1 aromatic carbocycles. The van der Waals surface area contributed by atoms with Crippen LogP contribution in [0.25, 0.3) is 0 Å². The average molecular weight is 340 g/mol. The van der Waals surface area contributed by atoms with Crippen molar-refractivity contribution in [1.82, 2.24) is 0 Å². The van der Waals surface area contributed by atoms with Gasteiger partial charge in [-0.15, -0.1) is 0 Å². The van der Waals surface area contributed by atoms with E-state index in [4.69, 9.17) is 18.9 Å². The molecule has 2 atom stereocenters. The van der Waals surface area contributed by atoms with Gasteiger partial charge in [0.1, 0.15) is 0 Å². The molecule has 1 rings (SSSR count). The fraction of sp³-hybridized carbons (Fsp3) is 0.438. The van der Waals surface area contributed by atoms with E-state index < -0.39 is 30.1 Å². The Morgan fingerprint density at radius 3 is 1.92 bits per heavy atom. The molecule has 0 heterocycles. The molecular formula is C16H20O8. The lowest BCUT2D eigenvalue weighted by molar-refractivity contribution is -0.180. The van der Waals surface area contributed by atoms with Gasteiger partial charge in [-0.1, -0.05) is 6.07 Å². The molecule has 0 radical (unpaired) electrons. The van der Waals surface area contributed by atoms with Gasteiger partial charge in [0.15, 0.2) is 17.6 Å². The summed E-state index contributed by atoms with van der Waals surface area (Å²) in [5, 5.41) is 0. The fourth-order valence-corrected chi connectivity index (χ4v) is 2.04. The van der Waals surface area contributed by atoms with Crippen molar-refractivity contribution in [2.24, 2.45) is 0 Å². The van der Waals surface area contributed by atoms with Crippen LogP contribution in [0, 0.1) is 0 Å². The molecule has 0 bridgehead atoms. The maximum absolute atomic E-state index is 12.0. The van der Waals surface area contributed by atoms with E-state index in [9.17, 15) is 14.4 Å². The summed E-state index contributed by atoms with van der Waals surface area (Å²) in [4.78, 5) is 34.7. The highest BCUT2D eigenvalue weighted by Crippen LogP contribution is 2.33. The minimum atomic E-state index is -1.45. The van der Waals surface area contributed by atoms with E-state index in [1.165, 1.54) is 27.2 Å². The van der Waals surface area contributed by atoms with Crippen LogP contribution in [0.5, 0.6) is 11.5 Å². The minimum Gasteiger partial charge on any atom is -0.493 e. The Labute approximate surface area is 139 Å². The van der Waals surface area contributed by atoms with Gasteiger partial charge >= 0.3 is 17.9 Å². The zero-order valence-electron chi connectivity index (χ0n) is 14.2. The summed E-state index contributed by atoms with van der Waals surface area (Å²) in [6.45, 7) is 2.31. The molecular weight excluding hydrogens is 320 g/mol. The van der Waals surface area contributed by atoms with E-state index in [1.54, 1.807) is 12.1 Å². The highest BCUT2D eigenvalue weighted by molar-refractivity contribution is 5.80. The summed E-state index contributed by atoms with van der Waals surface area (Å²) in [5.74, 6) is -1.42. The Balaban J connectivity index is 3.35. The van der Waals surface area contributed by atoms with Crippen molar-refractivity contribution in [3.8, 4) is 11.5 Å². The zero-order valence-corrected chi connectivity index (χ0v) is 14.2. The van der Waals surface area contributed by atoms with Gasteiger partial charge < -0.3 is 23.7 Å². The summed E-state index contributed by atoms with van der Waals surface area (Å²) in [6.07, 6.45) is -2.65. The molecule has 0 spiro atoms. The van der Waals surface area contributed by atoms with E-state index in [2.05, 4.69) is 4.74 Å². The molecule has 1 aromatic rings. The monoisotopic (exact) mass is 340 g/mol. The molecule has 0 aliphatic rings. The lowest BCUT2D eigenvalue weighted by atomic mass is 10.0. The maximum atomic E-state index is 12.0. The minimum absolute atomic E-state index is 0.360. The molecule has 0 aliphatic heterocycles. The summed E-state index contributed by atoms with van der Waals surface area (Å²) >= 11 is 0. The van der Waals surface area contributed by atoms with Crippen molar-refractivity contribution in [3.63, 3.8) is 0 Å². The first-order chi connectivity index (χ1) is 11.3. The average Bonchev–Trinajstić information content (AvgIpc) is 2.56. The van der Waals surface area contributed by atoms with Crippen molar-refractivity contribution in [3.05, 3.63) is 23.8 Å². The van der Waals surface area contributed by atoms with Gasteiger partial charge in [0.05, 0.1) is 21.3 Å². The molecule has 2 unspecified atom stereocenters. The van der Waals surface area contributed by atoms with E-state index >= 15 is 0 Å². The molecule has 8 heteroatoms.